The van der Waals surface area contributed by atoms with Crippen molar-refractivity contribution in [3.8, 4) is 22.9 Å². The van der Waals surface area contributed by atoms with E-state index in [0.717, 1.165) is 0 Å². The van der Waals surface area contributed by atoms with Gasteiger partial charge in [0.25, 0.3) is 5.56 Å². The Kier molecular flexibility index (Phi) is 8.64. The molecular weight excluding hydrogens is 484 g/mol. The number of carbonyl (C=O) groups excluding carboxylic acids is 1. The molecule has 0 spiro atoms. The van der Waals surface area contributed by atoms with Crippen molar-refractivity contribution in [3.05, 3.63) is 86.8 Å². The van der Waals surface area contributed by atoms with Gasteiger partial charge in [-0.3, -0.25) is 9.59 Å². The first kappa shape index (κ1) is 26.7. The molecule has 2 atom stereocenters. The Balaban J connectivity index is 2.05. The maximum Gasteiger partial charge on any atom is 0.335 e. The maximum absolute atomic E-state index is 13.4. The lowest BCUT2D eigenvalue weighted by molar-refractivity contribution is -0.122. The Labute approximate surface area is 213 Å². The van der Waals surface area contributed by atoms with Gasteiger partial charge < -0.3 is 19.1 Å². The Hall–Kier alpha value is -3.93. The van der Waals surface area contributed by atoms with Crippen LogP contribution in [0.2, 0.25) is 5.02 Å². The number of hydrogen-bond acceptors (Lipinski definition) is 6. The number of benzene rings is 2. The topological polar surface area (TPSA) is 119 Å². The van der Waals surface area contributed by atoms with E-state index in [2.05, 4.69) is 6.07 Å². The number of aromatic nitrogens is 1. The van der Waals surface area contributed by atoms with Gasteiger partial charge in [-0.25, -0.2) is 4.79 Å². The largest absolute Gasteiger partial charge is 0.495 e. The zero-order valence-corrected chi connectivity index (χ0v) is 20.8. The fraction of sp³-hybridized carbons (Fsp3) is 0.259. The fourth-order valence-electron chi connectivity index (χ4n) is 3.88. The SMILES string of the molecule is COc1cn(C(C[C@@H](C)OC)C(=O)Cc2ccc(C(=O)O)cc2)c(=O)cc1-c1cc(Cl)ccc1C#N. The quantitative estimate of drug-likeness (QED) is 0.427. The second kappa shape index (κ2) is 11.7. The third-order valence-corrected chi connectivity index (χ3v) is 6.14. The van der Waals surface area contributed by atoms with Gasteiger partial charge in [-0.05, 0) is 42.8 Å². The van der Waals surface area contributed by atoms with Crippen LogP contribution in [-0.4, -0.2) is 41.7 Å². The predicted molar refractivity (Wildman–Crippen MR) is 135 cm³/mol. The molecule has 0 aliphatic rings. The van der Waals surface area contributed by atoms with Gasteiger partial charge in [0, 0.05) is 42.2 Å². The summed E-state index contributed by atoms with van der Waals surface area (Å²) in [4.78, 5) is 37.8. The molecule has 186 valence electrons. The molecule has 0 bridgehead atoms. The van der Waals surface area contributed by atoms with E-state index in [1.807, 2.05) is 0 Å². The zero-order valence-electron chi connectivity index (χ0n) is 20.0. The molecule has 0 aliphatic heterocycles. The lowest BCUT2D eigenvalue weighted by Gasteiger charge is -2.23. The number of Topliss-reactive ketones (excluding diaryl/α,β-unsaturated/α-hetero) is 1. The van der Waals surface area contributed by atoms with Crippen LogP contribution in [0.5, 0.6) is 5.75 Å². The molecule has 1 heterocycles. The molecule has 36 heavy (non-hydrogen) atoms. The molecule has 3 rings (SSSR count). The molecular formula is C27H25ClN2O6. The third-order valence-electron chi connectivity index (χ3n) is 5.90. The molecule has 2 aromatic carbocycles. The number of aromatic carboxylic acids is 1. The summed E-state index contributed by atoms with van der Waals surface area (Å²) in [6.07, 6.45) is 1.35. The van der Waals surface area contributed by atoms with Crippen molar-refractivity contribution in [2.45, 2.75) is 31.9 Å². The number of nitrogens with zero attached hydrogens (tertiary/aromatic N) is 2. The van der Waals surface area contributed by atoms with Gasteiger partial charge in [-0.15, -0.1) is 0 Å². The highest BCUT2D eigenvalue weighted by Gasteiger charge is 2.26. The van der Waals surface area contributed by atoms with Gasteiger partial charge in [0.1, 0.15) is 5.75 Å². The van der Waals surface area contributed by atoms with Crippen LogP contribution in [0, 0.1) is 11.3 Å². The normalized spacial score (nSPS) is 12.4. The fourth-order valence-corrected chi connectivity index (χ4v) is 4.05. The van der Waals surface area contributed by atoms with Crippen molar-refractivity contribution in [1.82, 2.24) is 4.57 Å². The molecule has 1 N–H and O–H groups in total. The van der Waals surface area contributed by atoms with Crippen molar-refractivity contribution in [1.29, 1.82) is 5.26 Å². The number of methoxy groups -OCH3 is 2. The first-order valence-corrected chi connectivity index (χ1v) is 11.4. The Morgan fingerprint density at radius 1 is 1.11 bits per heavy atom. The number of rotatable bonds is 10. The number of ether oxygens (including phenoxy) is 2. The predicted octanol–water partition coefficient (Wildman–Crippen LogP) is 4.53. The van der Waals surface area contributed by atoms with E-state index in [9.17, 15) is 19.6 Å². The number of halogens is 1. The summed E-state index contributed by atoms with van der Waals surface area (Å²) < 4.78 is 12.2. The number of ketones is 1. The molecule has 0 saturated heterocycles. The second-order valence-electron chi connectivity index (χ2n) is 8.25. The first-order valence-electron chi connectivity index (χ1n) is 11.1. The van der Waals surface area contributed by atoms with Crippen LogP contribution in [-0.2, 0) is 16.0 Å². The molecule has 0 aliphatic carbocycles. The summed E-state index contributed by atoms with van der Waals surface area (Å²) in [5, 5.41) is 19.0. The van der Waals surface area contributed by atoms with Gasteiger partial charge >= 0.3 is 5.97 Å². The summed E-state index contributed by atoms with van der Waals surface area (Å²) >= 11 is 6.13. The Morgan fingerprint density at radius 2 is 1.81 bits per heavy atom. The van der Waals surface area contributed by atoms with Gasteiger partial charge in [0.05, 0.1) is 42.6 Å². The minimum absolute atomic E-state index is 0.00954. The van der Waals surface area contributed by atoms with E-state index >= 15 is 0 Å². The van der Waals surface area contributed by atoms with Crippen molar-refractivity contribution in [3.63, 3.8) is 0 Å². The number of carbonyl (C=O) groups is 2. The monoisotopic (exact) mass is 508 g/mol. The molecule has 8 nitrogen and oxygen atoms in total. The Morgan fingerprint density at radius 3 is 2.39 bits per heavy atom. The molecule has 0 amide bonds. The van der Waals surface area contributed by atoms with E-state index in [4.69, 9.17) is 26.2 Å². The standard InChI is InChI=1S/C27H25ClN2O6/c1-16(35-2)10-23(24(31)11-17-4-6-18(7-5-17)27(33)34)30-15-25(36-3)22(13-26(30)32)21-12-20(28)9-8-19(21)14-29/h4-9,12-13,15-16,23H,10-11H2,1-3H3,(H,33,34)/t16-,23?/m1/s1. The van der Waals surface area contributed by atoms with E-state index in [0.29, 0.717) is 33.0 Å². The van der Waals surface area contributed by atoms with Crippen LogP contribution in [0.1, 0.15) is 40.9 Å². The van der Waals surface area contributed by atoms with Crippen LogP contribution in [0.25, 0.3) is 11.1 Å². The number of pyridine rings is 1. The summed E-state index contributed by atoms with van der Waals surface area (Å²) in [5.74, 6) is -1.01. The van der Waals surface area contributed by atoms with E-state index in [-0.39, 0.29) is 30.3 Å². The third kappa shape index (κ3) is 6.00. The van der Waals surface area contributed by atoms with Crippen LogP contribution in [0.4, 0.5) is 0 Å². The summed E-state index contributed by atoms with van der Waals surface area (Å²) in [7, 11) is 2.95. The molecule has 3 aromatic rings. The molecule has 9 heteroatoms. The van der Waals surface area contributed by atoms with Gasteiger partial charge in [-0.1, -0.05) is 23.7 Å². The molecule has 0 fully saturated rings. The highest BCUT2D eigenvalue weighted by atomic mass is 35.5. The van der Waals surface area contributed by atoms with E-state index in [1.54, 1.807) is 37.3 Å². The minimum Gasteiger partial charge on any atom is -0.495 e. The molecule has 1 aromatic heterocycles. The molecule has 1 unspecified atom stereocenters. The highest BCUT2D eigenvalue weighted by molar-refractivity contribution is 6.31. The van der Waals surface area contributed by atoms with Gasteiger partial charge in [0.2, 0.25) is 0 Å². The summed E-state index contributed by atoms with van der Waals surface area (Å²) in [5.41, 5.74) is 1.42. The second-order valence-corrected chi connectivity index (χ2v) is 8.68. The van der Waals surface area contributed by atoms with Crippen LogP contribution >= 0.6 is 11.6 Å². The Bertz CT molecular complexity index is 1370. The average Bonchev–Trinajstić information content (AvgIpc) is 2.87. The van der Waals surface area contributed by atoms with Gasteiger partial charge in [-0.2, -0.15) is 5.26 Å². The maximum atomic E-state index is 13.4. The number of hydrogen-bond donors (Lipinski definition) is 1. The smallest absolute Gasteiger partial charge is 0.335 e. The summed E-state index contributed by atoms with van der Waals surface area (Å²) in [6, 6.07) is 13.3. The van der Waals surface area contributed by atoms with Gasteiger partial charge in [0.15, 0.2) is 5.78 Å². The number of carboxylic acids is 1. The van der Waals surface area contributed by atoms with Crippen molar-refractivity contribution in [2.75, 3.05) is 14.2 Å². The van der Waals surface area contributed by atoms with Crippen molar-refractivity contribution in [2.24, 2.45) is 0 Å². The summed E-state index contributed by atoms with van der Waals surface area (Å²) in [6.45, 7) is 1.80. The van der Waals surface area contributed by atoms with Crippen LogP contribution < -0.4 is 10.3 Å². The lowest BCUT2D eigenvalue weighted by Crippen LogP contribution is -2.33. The highest BCUT2D eigenvalue weighted by Crippen LogP contribution is 2.34. The lowest BCUT2D eigenvalue weighted by atomic mass is 9.97. The van der Waals surface area contributed by atoms with E-state index < -0.39 is 17.6 Å². The molecule has 0 saturated carbocycles. The first-order chi connectivity index (χ1) is 17.2. The zero-order chi connectivity index (χ0) is 26.4. The average molecular weight is 509 g/mol. The van der Waals surface area contributed by atoms with Crippen molar-refractivity contribution < 1.29 is 24.2 Å². The van der Waals surface area contributed by atoms with Crippen molar-refractivity contribution >= 4 is 23.4 Å². The minimum atomic E-state index is -1.06. The van der Waals surface area contributed by atoms with Crippen LogP contribution in [0.15, 0.2) is 59.5 Å². The van der Waals surface area contributed by atoms with E-state index in [1.165, 1.54) is 43.2 Å². The number of carboxylic acid groups (broad SMARTS) is 1. The number of nitriles is 1. The molecule has 0 radical (unpaired) electrons. The van der Waals surface area contributed by atoms with Crippen LogP contribution in [0.3, 0.4) is 0 Å².